The van der Waals surface area contributed by atoms with Crippen LogP contribution in [0.25, 0.3) is 22.2 Å². The summed E-state index contributed by atoms with van der Waals surface area (Å²) in [5.74, 6) is 0.495. The Morgan fingerprint density at radius 1 is 1.22 bits per heavy atom. The fourth-order valence-electron chi connectivity index (χ4n) is 5.26. The summed E-state index contributed by atoms with van der Waals surface area (Å²) < 4.78 is 2.13. The molecule has 0 spiro atoms. The van der Waals surface area contributed by atoms with Crippen molar-refractivity contribution in [1.82, 2.24) is 34.6 Å². The molecule has 4 aromatic rings. The minimum atomic E-state index is -0.884. The molecule has 12 heteroatoms. The minimum Gasteiger partial charge on any atom is -0.387 e. The quantitative estimate of drug-likeness (QED) is 0.233. The Kier molecular flexibility index (Phi) is 7.96. The third kappa shape index (κ3) is 5.62. The molecule has 11 nitrogen and oxygen atoms in total. The van der Waals surface area contributed by atoms with Crippen LogP contribution < -0.4 is 5.32 Å². The lowest BCUT2D eigenvalue weighted by atomic mass is 10.0. The summed E-state index contributed by atoms with van der Waals surface area (Å²) in [7, 11) is 0. The molecule has 1 aliphatic rings. The summed E-state index contributed by atoms with van der Waals surface area (Å²) in [4.78, 5) is 46.4. The maximum atomic E-state index is 13.9. The van der Waals surface area contributed by atoms with Crippen molar-refractivity contribution in [2.45, 2.75) is 58.8 Å². The van der Waals surface area contributed by atoms with Crippen LogP contribution in [-0.2, 0) is 16.1 Å². The predicted octanol–water partition coefficient (Wildman–Crippen LogP) is 4.15. The van der Waals surface area contributed by atoms with Crippen LogP contribution in [0, 0.1) is 19.8 Å². The molecule has 0 aliphatic carbocycles. The highest BCUT2D eigenvalue weighted by Gasteiger charge is 2.44. The highest BCUT2D eigenvalue weighted by molar-refractivity contribution is 9.10. The second-order valence-corrected chi connectivity index (χ2v) is 11.2. The normalized spacial score (nSPS) is 19.4. The molecule has 0 aromatic carbocycles. The summed E-state index contributed by atoms with van der Waals surface area (Å²) in [6.07, 6.45) is 6.30. The van der Waals surface area contributed by atoms with Gasteiger partial charge in [-0.25, -0.2) is 15.0 Å². The number of carbonyl (C=O) groups is 2. The molecule has 5 heterocycles. The standard InChI is InChI=1S/C29H31BrN8O3/c1-6-22-16(3)9-23(29(41)35-28-15(2)7-8-25(30)34-28)38(22)26(40)14-37-24-13-33-21(19-11-31-18(5)32-12-19)10-20(24)27(36-37)17(4)39/h6-8,10-13,16-17,22-23,39H,1,9,14H2,2-5H3,(H,34,35,41)/t16-,17?,22+,23-/m0/s1. The van der Waals surface area contributed by atoms with Gasteiger partial charge in [-0.2, -0.15) is 5.10 Å². The number of hydrogen-bond donors (Lipinski definition) is 2. The molecule has 212 valence electrons. The average molecular weight is 620 g/mol. The number of anilines is 1. The number of nitrogens with one attached hydrogen (secondary N) is 1. The zero-order valence-corrected chi connectivity index (χ0v) is 24.8. The first-order valence-corrected chi connectivity index (χ1v) is 14.1. The van der Waals surface area contributed by atoms with Crippen molar-refractivity contribution in [2.75, 3.05) is 5.32 Å². The number of amides is 2. The second-order valence-electron chi connectivity index (χ2n) is 10.4. The van der Waals surface area contributed by atoms with E-state index in [1.165, 1.54) is 4.68 Å². The topological polar surface area (TPSA) is 139 Å². The number of carbonyl (C=O) groups excluding carboxylic acids is 2. The summed E-state index contributed by atoms with van der Waals surface area (Å²) in [5.41, 5.74) is 3.16. The van der Waals surface area contributed by atoms with Gasteiger partial charge in [0.25, 0.3) is 0 Å². The maximum Gasteiger partial charge on any atom is 0.248 e. The molecule has 5 rings (SSSR count). The van der Waals surface area contributed by atoms with Gasteiger partial charge in [-0.05, 0) is 66.7 Å². The van der Waals surface area contributed by atoms with Gasteiger partial charge in [0.2, 0.25) is 11.8 Å². The number of hydrogen-bond acceptors (Lipinski definition) is 8. The molecular formula is C29H31BrN8O3. The number of aliphatic hydroxyl groups excluding tert-OH is 1. The van der Waals surface area contributed by atoms with Crippen molar-refractivity contribution < 1.29 is 14.7 Å². The van der Waals surface area contributed by atoms with Crippen molar-refractivity contribution in [3.8, 4) is 11.3 Å². The van der Waals surface area contributed by atoms with E-state index in [4.69, 9.17) is 0 Å². The third-order valence-electron chi connectivity index (χ3n) is 7.39. The molecule has 41 heavy (non-hydrogen) atoms. The van der Waals surface area contributed by atoms with Crippen molar-refractivity contribution in [1.29, 1.82) is 0 Å². The van der Waals surface area contributed by atoms with Crippen LogP contribution in [0.2, 0.25) is 0 Å². The van der Waals surface area contributed by atoms with E-state index in [9.17, 15) is 14.7 Å². The molecule has 0 bridgehead atoms. The molecular weight excluding hydrogens is 588 g/mol. The summed E-state index contributed by atoms with van der Waals surface area (Å²) >= 11 is 3.35. The number of halogens is 1. The van der Waals surface area contributed by atoms with E-state index in [2.05, 4.69) is 52.9 Å². The zero-order valence-electron chi connectivity index (χ0n) is 23.2. The molecule has 0 saturated carbocycles. The van der Waals surface area contributed by atoms with E-state index >= 15 is 0 Å². The van der Waals surface area contributed by atoms with E-state index in [0.717, 1.165) is 11.1 Å². The smallest absolute Gasteiger partial charge is 0.248 e. The van der Waals surface area contributed by atoms with E-state index in [-0.39, 0.29) is 30.3 Å². The zero-order chi connectivity index (χ0) is 29.4. The molecule has 0 radical (unpaired) electrons. The van der Waals surface area contributed by atoms with E-state index in [1.807, 2.05) is 26.0 Å². The van der Waals surface area contributed by atoms with Crippen molar-refractivity contribution >= 4 is 44.5 Å². The van der Waals surface area contributed by atoms with Gasteiger partial charge in [-0.15, -0.1) is 6.58 Å². The van der Waals surface area contributed by atoms with Gasteiger partial charge >= 0.3 is 0 Å². The Labute approximate surface area is 245 Å². The molecule has 1 fully saturated rings. The molecule has 1 unspecified atom stereocenters. The molecule has 4 aromatic heterocycles. The van der Waals surface area contributed by atoms with Gasteiger partial charge in [0.1, 0.15) is 28.8 Å². The Morgan fingerprint density at radius 3 is 2.63 bits per heavy atom. The lowest BCUT2D eigenvalue weighted by Crippen LogP contribution is -2.48. The number of aliphatic hydroxyl groups is 1. The molecule has 2 amide bonds. The van der Waals surface area contributed by atoms with Crippen molar-refractivity contribution in [3.63, 3.8) is 0 Å². The number of aromatic nitrogens is 6. The first-order chi connectivity index (χ1) is 19.6. The number of likely N-dealkylation sites (tertiary alicyclic amines) is 1. The fraction of sp³-hybridized carbons (Fsp3) is 0.345. The lowest BCUT2D eigenvalue weighted by molar-refractivity contribution is -0.138. The second kappa shape index (κ2) is 11.5. The van der Waals surface area contributed by atoms with Crippen molar-refractivity contribution in [2.24, 2.45) is 5.92 Å². The number of fused-ring (bicyclic) bond motifs is 1. The summed E-state index contributed by atoms with van der Waals surface area (Å²) in [5, 5.41) is 18.6. The lowest BCUT2D eigenvalue weighted by Gasteiger charge is -2.29. The molecule has 1 aliphatic heterocycles. The molecule has 4 atom stereocenters. The van der Waals surface area contributed by atoms with Crippen LogP contribution in [0.4, 0.5) is 5.82 Å². The number of pyridine rings is 2. The third-order valence-corrected chi connectivity index (χ3v) is 7.84. The highest BCUT2D eigenvalue weighted by atomic mass is 79.9. The first kappa shape index (κ1) is 28.5. The van der Waals surface area contributed by atoms with E-state index < -0.39 is 12.1 Å². The number of nitrogens with zero attached hydrogens (tertiary/aromatic N) is 7. The molecule has 1 saturated heterocycles. The van der Waals surface area contributed by atoms with Crippen molar-refractivity contribution in [3.05, 3.63) is 71.1 Å². The summed E-state index contributed by atoms with van der Waals surface area (Å²) in [6, 6.07) is 4.42. The van der Waals surface area contributed by atoms with Crippen LogP contribution in [-0.4, -0.2) is 63.6 Å². The van der Waals surface area contributed by atoms with E-state index in [1.54, 1.807) is 49.5 Å². The van der Waals surface area contributed by atoms with Gasteiger partial charge < -0.3 is 15.3 Å². The van der Waals surface area contributed by atoms with Gasteiger partial charge in [0.15, 0.2) is 0 Å². The predicted molar refractivity (Wildman–Crippen MR) is 158 cm³/mol. The van der Waals surface area contributed by atoms with Gasteiger partial charge in [-0.3, -0.25) is 19.3 Å². The molecule has 2 N–H and O–H groups in total. The Bertz CT molecular complexity index is 1640. The van der Waals surface area contributed by atoms with Crippen LogP contribution in [0.1, 0.15) is 43.5 Å². The monoisotopic (exact) mass is 618 g/mol. The fourth-order valence-corrected chi connectivity index (χ4v) is 5.57. The Hall–Kier alpha value is -4.03. The van der Waals surface area contributed by atoms with E-state index in [0.29, 0.717) is 45.0 Å². The summed E-state index contributed by atoms with van der Waals surface area (Å²) in [6.45, 7) is 11.1. The van der Waals surface area contributed by atoms with Crippen LogP contribution in [0.3, 0.4) is 0 Å². The minimum absolute atomic E-state index is 0.0205. The van der Waals surface area contributed by atoms with Crippen LogP contribution in [0.5, 0.6) is 0 Å². The van der Waals surface area contributed by atoms with Gasteiger partial charge in [0, 0.05) is 23.3 Å². The Morgan fingerprint density at radius 2 is 1.95 bits per heavy atom. The highest BCUT2D eigenvalue weighted by Crippen LogP contribution is 2.33. The maximum absolute atomic E-state index is 13.9. The largest absolute Gasteiger partial charge is 0.387 e. The Balaban J connectivity index is 1.46. The average Bonchev–Trinajstić information content (AvgIpc) is 3.48. The SMILES string of the molecule is C=C[C@@H]1[C@@H](C)C[C@@H](C(=O)Nc2nc(Br)ccc2C)N1C(=O)Cn1nc(C(C)O)c2cc(-c3cnc(C)nc3)ncc21. The van der Waals surface area contributed by atoms with Gasteiger partial charge in [0.05, 0.1) is 35.2 Å². The van der Waals surface area contributed by atoms with Gasteiger partial charge in [-0.1, -0.05) is 19.1 Å². The first-order valence-electron chi connectivity index (χ1n) is 13.3. The van der Waals surface area contributed by atoms with Crippen LogP contribution in [0.15, 0.2) is 54.0 Å². The number of aryl methyl sites for hydroxylation is 2. The number of rotatable bonds is 7. The van der Waals surface area contributed by atoms with Crippen LogP contribution >= 0.6 is 15.9 Å².